The number of aromatic amines is 1. The highest BCUT2D eigenvalue weighted by Crippen LogP contribution is 2.08. The van der Waals surface area contributed by atoms with Gasteiger partial charge in [0.25, 0.3) is 5.56 Å². The molecule has 0 spiro atoms. The second-order valence-corrected chi connectivity index (χ2v) is 3.68. The van der Waals surface area contributed by atoms with E-state index in [4.69, 9.17) is 0 Å². The molecule has 0 saturated carbocycles. The molecule has 0 bridgehead atoms. The van der Waals surface area contributed by atoms with E-state index in [1.807, 2.05) is 6.26 Å². The molecule has 0 aliphatic carbocycles. The van der Waals surface area contributed by atoms with Crippen LogP contribution in [-0.2, 0) is 0 Å². The van der Waals surface area contributed by atoms with Gasteiger partial charge in [-0.05, 0) is 6.26 Å². The van der Waals surface area contributed by atoms with E-state index in [1.54, 1.807) is 0 Å². The summed E-state index contributed by atoms with van der Waals surface area (Å²) in [5.74, 6) is 0. The Labute approximate surface area is 94.4 Å². The minimum absolute atomic E-state index is 0.428. The van der Waals surface area contributed by atoms with Gasteiger partial charge in [-0.15, -0.1) is 0 Å². The second-order valence-electron chi connectivity index (χ2n) is 2.91. The number of nitrogens with one attached hydrogen (secondary N) is 1. The van der Waals surface area contributed by atoms with Crippen LogP contribution in [0.3, 0.4) is 0 Å². The van der Waals surface area contributed by atoms with Crippen LogP contribution in [0.1, 0.15) is 0 Å². The zero-order chi connectivity index (χ0) is 11.5. The van der Waals surface area contributed by atoms with Crippen molar-refractivity contribution in [1.82, 2.24) is 19.5 Å². The summed E-state index contributed by atoms with van der Waals surface area (Å²) in [5.41, 5.74) is -0.421. The lowest BCUT2D eigenvalue weighted by Gasteiger charge is -2.03. The first-order valence-corrected chi connectivity index (χ1v) is 5.61. The molecule has 2 rings (SSSR count). The SMILES string of the molecule is CSc1ncc(-n2ccc(=O)[nH]c2=O)cn1. The molecule has 6 nitrogen and oxygen atoms in total. The van der Waals surface area contributed by atoms with Gasteiger partial charge in [-0.2, -0.15) is 0 Å². The zero-order valence-corrected chi connectivity index (χ0v) is 9.19. The quantitative estimate of drug-likeness (QED) is 0.588. The smallest absolute Gasteiger partial charge is 0.274 e. The standard InChI is InChI=1S/C9H8N4O2S/c1-16-8-10-4-6(5-11-8)13-3-2-7(14)12-9(13)15/h2-5H,1H3,(H,12,14,15). The van der Waals surface area contributed by atoms with Crippen LogP contribution in [0, 0.1) is 0 Å². The molecule has 0 aromatic carbocycles. The van der Waals surface area contributed by atoms with Crippen molar-refractivity contribution in [2.75, 3.05) is 6.26 Å². The number of nitrogens with zero attached hydrogens (tertiary/aromatic N) is 3. The van der Waals surface area contributed by atoms with Crippen molar-refractivity contribution >= 4 is 11.8 Å². The maximum Gasteiger partial charge on any atom is 0.333 e. The first-order valence-electron chi connectivity index (χ1n) is 4.39. The fourth-order valence-electron chi connectivity index (χ4n) is 1.16. The fraction of sp³-hybridized carbons (Fsp3) is 0.111. The normalized spacial score (nSPS) is 10.3. The summed E-state index contributed by atoms with van der Waals surface area (Å²) < 4.78 is 1.27. The van der Waals surface area contributed by atoms with Gasteiger partial charge in [0.2, 0.25) is 0 Å². The maximum absolute atomic E-state index is 11.4. The molecule has 16 heavy (non-hydrogen) atoms. The van der Waals surface area contributed by atoms with Gasteiger partial charge in [0.05, 0.1) is 18.1 Å². The molecule has 2 aromatic heterocycles. The maximum atomic E-state index is 11.4. The van der Waals surface area contributed by atoms with Crippen molar-refractivity contribution in [2.45, 2.75) is 5.16 Å². The molecule has 0 radical (unpaired) electrons. The van der Waals surface area contributed by atoms with Crippen molar-refractivity contribution in [3.8, 4) is 5.69 Å². The van der Waals surface area contributed by atoms with E-state index in [0.717, 1.165) is 0 Å². The average Bonchev–Trinajstić information content (AvgIpc) is 2.29. The van der Waals surface area contributed by atoms with E-state index in [1.165, 1.54) is 41.0 Å². The molecule has 0 aliphatic heterocycles. The van der Waals surface area contributed by atoms with Gasteiger partial charge < -0.3 is 0 Å². The summed E-state index contributed by atoms with van der Waals surface area (Å²) >= 11 is 1.41. The molecule has 0 aliphatic rings. The third-order valence-electron chi connectivity index (χ3n) is 1.90. The first-order chi connectivity index (χ1) is 7.70. The molecule has 1 N–H and O–H groups in total. The van der Waals surface area contributed by atoms with Crippen molar-refractivity contribution in [3.63, 3.8) is 0 Å². The van der Waals surface area contributed by atoms with Gasteiger partial charge in [0, 0.05) is 12.3 Å². The summed E-state index contributed by atoms with van der Waals surface area (Å²) in [6.45, 7) is 0. The Morgan fingerprint density at radius 2 is 2.00 bits per heavy atom. The number of H-pyrrole nitrogens is 1. The topological polar surface area (TPSA) is 80.6 Å². The van der Waals surface area contributed by atoms with Crippen LogP contribution in [-0.4, -0.2) is 25.8 Å². The van der Waals surface area contributed by atoms with Crippen LogP contribution in [0.5, 0.6) is 0 Å². The molecule has 0 saturated heterocycles. The number of hydrogen-bond donors (Lipinski definition) is 1. The lowest BCUT2D eigenvalue weighted by Crippen LogP contribution is -2.27. The number of aromatic nitrogens is 4. The minimum atomic E-state index is -0.506. The van der Waals surface area contributed by atoms with Gasteiger partial charge in [-0.3, -0.25) is 14.3 Å². The highest BCUT2D eigenvalue weighted by molar-refractivity contribution is 7.98. The Kier molecular flexibility index (Phi) is 2.86. The zero-order valence-electron chi connectivity index (χ0n) is 8.38. The Morgan fingerprint density at radius 1 is 1.31 bits per heavy atom. The average molecular weight is 236 g/mol. The third-order valence-corrected chi connectivity index (χ3v) is 2.48. The van der Waals surface area contributed by atoms with E-state index in [2.05, 4.69) is 15.0 Å². The first kappa shape index (κ1) is 10.6. The molecule has 2 aromatic rings. The van der Waals surface area contributed by atoms with Gasteiger partial charge in [0.15, 0.2) is 5.16 Å². The van der Waals surface area contributed by atoms with Crippen LogP contribution in [0.25, 0.3) is 5.69 Å². The number of thioether (sulfide) groups is 1. The van der Waals surface area contributed by atoms with Crippen molar-refractivity contribution < 1.29 is 0 Å². The van der Waals surface area contributed by atoms with E-state index in [-0.39, 0.29) is 0 Å². The van der Waals surface area contributed by atoms with Crippen LogP contribution >= 0.6 is 11.8 Å². The molecule has 0 unspecified atom stereocenters. The lowest BCUT2D eigenvalue weighted by atomic mass is 10.5. The molecule has 7 heteroatoms. The molecule has 0 fully saturated rings. The largest absolute Gasteiger partial charge is 0.333 e. The monoisotopic (exact) mass is 236 g/mol. The summed E-state index contributed by atoms with van der Waals surface area (Å²) in [5, 5.41) is 0.626. The van der Waals surface area contributed by atoms with Crippen LogP contribution in [0.4, 0.5) is 0 Å². The van der Waals surface area contributed by atoms with Crippen LogP contribution < -0.4 is 11.2 Å². The van der Waals surface area contributed by atoms with E-state index < -0.39 is 11.2 Å². The Morgan fingerprint density at radius 3 is 2.56 bits per heavy atom. The van der Waals surface area contributed by atoms with Crippen LogP contribution in [0.15, 0.2) is 39.4 Å². The minimum Gasteiger partial charge on any atom is -0.274 e. The van der Waals surface area contributed by atoms with Gasteiger partial charge in [-0.25, -0.2) is 14.8 Å². The fourth-order valence-corrected chi connectivity index (χ4v) is 1.48. The molecule has 2 heterocycles. The van der Waals surface area contributed by atoms with Gasteiger partial charge >= 0.3 is 5.69 Å². The van der Waals surface area contributed by atoms with Gasteiger partial charge in [-0.1, -0.05) is 11.8 Å². The van der Waals surface area contributed by atoms with Gasteiger partial charge in [0.1, 0.15) is 0 Å². The van der Waals surface area contributed by atoms with Crippen LogP contribution in [0.2, 0.25) is 0 Å². The molecular formula is C9H8N4O2S. The molecule has 0 atom stereocenters. The Bertz CT molecular complexity index is 602. The van der Waals surface area contributed by atoms with E-state index >= 15 is 0 Å². The highest BCUT2D eigenvalue weighted by Gasteiger charge is 2.01. The third kappa shape index (κ3) is 2.03. The highest BCUT2D eigenvalue weighted by atomic mass is 32.2. The lowest BCUT2D eigenvalue weighted by molar-refractivity contribution is 0.858. The molecular weight excluding hydrogens is 228 g/mol. The Balaban J connectivity index is 2.50. The van der Waals surface area contributed by atoms with Crippen molar-refractivity contribution in [2.24, 2.45) is 0 Å². The summed E-state index contributed by atoms with van der Waals surface area (Å²) in [7, 11) is 0. The van der Waals surface area contributed by atoms with Crippen molar-refractivity contribution in [1.29, 1.82) is 0 Å². The predicted molar refractivity (Wildman–Crippen MR) is 60.0 cm³/mol. The summed E-state index contributed by atoms with van der Waals surface area (Å²) in [6, 6.07) is 1.27. The second kappa shape index (κ2) is 4.31. The summed E-state index contributed by atoms with van der Waals surface area (Å²) in [4.78, 5) is 32.5. The predicted octanol–water partition coefficient (Wildman–Crippen LogP) is 0.0377. The number of rotatable bonds is 2. The summed E-state index contributed by atoms with van der Waals surface area (Å²) in [6.07, 6.45) is 6.30. The molecule has 0 amide bonds. The van der Waals surface area contributed by atoms with E-state index in [0.29, 0.717) is 10.8 Å². The molecule has 82 valence electrons. The Hall–Kier alpha value is -1.89. The van der Waals surface area contributed by atoms with Crippen molar-refractivity contribution in [3.05, 3.63) is 45.5 Å². The number of hydrogen-bond acceptors (Lipinski definition) is 5. The van der Waals surface area contributed by atoms with E-state index in [9.17, 15) is 9.59 Å².